The molecular formula is C28H29Cl2N3O6S. The number of halogens is 2. The van der Waals surface area contributed by atoms with E-state index in [1.807, 2.05) is 6.92 Å². The first-order valence-electron chi connectivity index (χ1n) is 12.1. The molecule has 1 N–H and O–H groups in total. The molecule has 1 amide bonds. The van der Waals surface area contributed by atoms with Crippen molar-refractivity contribution in [3.8, 4) is 5.75 Å². The van der Waals surface area contributed by atoms with Gasteiger partial charge in [-0.2, -0.15) is 5.10 Å². The Hall–Kier alpha value is -3.60. The van der Waals surface area contributed by atoms with Crippen molar-refractivity contribution in [1.82, 2.24) is 5.43 Å². The Bertz CT molecular complexity index is 1490. The number of nitrogens with zero attached hydrogens (tertiary/aromatic N) is 2. The molecule has 3 aromatic carbocycles. The van der Waals surface area contributed by atoms with E-state index in [2.05, 4.69) is 10.5 Å². The molecule has 0 bridgehead atoms. The summed E-state index contributed by atoms with van der Waals surface area (Å²) in [4.78, 5) is 24.6. The smallest absolute Gasteiger partial charge is 0.344 e. The number of ether oxygens (including phenoxy) is 2. The van der Waals surface area contributed by atoms with Crippen molar-refractivity contribution >= 4 is 57.0 Å². The minimum Gasteiger partial charge on any atom is -0.482 e. The Balaban J connectivity index is 1.68. The minimum absolute atomic E-state index is 0.00519. The Kier molecular flexibility index (Phi) is 10.2. The van der Waals surface area contributed by atoms with Gasteiger partial charge in [0.1, 0.15) is 17.9 Å². The van der Waals surface area contributed by atoms with E-state index in [4.69, 9.17) is 32.7 Å². The number of sulfonamides is 1. The number of nitrogens with one attached hydrogen (secondary N) is 1. The average molecular weight is 607 g/mol. The molecule has 0 aliphatic rings. The van der Waals surface area contributed by atoms with Crippen molar-refractivity contribution < 1.29 is 27.5 Å². The lowest BCUT2D eigenvalue weighted by atomic mass is 10.2. The standard InChI is InChI=1S/C28H29Cl2N3O6S/c1-19-5-12-23(13-6-19)40(36,37)33(25-14-9-21(29)15-24(25)30)17-26(34)32-31-16-20-7-10-22(11-8-20)38-18-27(35)39-28(2,3)4/h5-16H,17-18H2,1-4H3,(H,32,34). The van der Waals surface area contributed by atoms with E-state index in [9.17, 15) is 18.0 Å². The van der Waals surface area contributed by atoms with E-state index in [0.29, 0.717) is 16.3 Å². The number of hydrogen-bond donors (Lipinski definition) is 1. The molecule has 0 aliphatic heterocycles. The summed E-state index contributed by atoms with van der Waals surface area (Å²) in [5.74, 6) is -0.738. The molecule has 0 heterocycles. The Morgan fingerprint density at radius 1 is 1.00 bits per heavy atom. The van der Waals surface area contributed by atoms with Gasteiger partial charge in [-0.25, -0.2) is 18.6 Å². The van der Waals surface area contributed by atoms with E-state index in [1.54, 1.807) is 57.2 Å². The third-order valence-electron chi connectivity index (χ3n) is 5.13. The second-order valence-electron chi connectivity index (χ2n) is 9.66. The molecule has 12 heteroatoms. The summed E-state index contributed by atoms with van der Waals surface area (Å²) in [6, 6.07) is 17.1. The fourth-order valence-corrected chi connectivity index (χ4v) is 5.33. The van der Waals surface area contributed by atoms with Crippen LogP contribution in [0.25, 0.3) is 0 Å². The zero-order valence-corrected chi connectivity index (χ0v) is 24.7. The quantitative estimate of drug-likeness (QED) is 0.189. The van der Waals surface area contributed by atoms with Crippen molar-refractivity contribution in [2.24, 2.45) is 5.10 Å². The number of hydrazone groups is 1. The lowest BCUT2D eigenvalue weighted by Crippen LogP contribution is -2.39. The zero-order chi connectivity index (χ0) is 29.5. The van der Waals surface area contributed by atoms with Crippen molar-refractivity contribution in [2.75, 3.05) is 17.5 Å². The van der Waals surface area contributed by atoms with Gasteiger partial charge in [-0.05, 0) is 87.9 Å². The predicted octanol–water partition coefficient (Wildman–Crippen LogP) is 5.37. The van der Waals surface area contributed by atoms with Crippen LogP contribution in [0.3, 0.4) is 0 Å². The van der Waals surface area contributed by atoms with E-state index in [0.717, 1.165) is 9.87 Å². The third kappa shape index (κ3) is 8.97. The Morgan fingerprint density at radius 3 is 2.25 bits per heavy atom. The molecule has 0 atom stereocenters. The van der Waals surface area contributed by atoms with Crippen LogP contribution in [0.5, 0.6) is 5.75 Å². The number of carbonyl (C=O) groups is 2. The van der Waals surface area contributed by atoms with Crippen LogP contribution in [0.15, 0.2) is 76.7 Å². The average Bonchev–Trinajstić information content (AvgIpc) is 2.86. The highest BCUT2D eigenvalue weighted by Crippen LogP contribution is 2.32. The van der Waals surface area contributed by atoms with E-state index < -0.39 is 34.0 Å². The van der Waals surface area contributed by atoms with E-state index in [-0.39, 0.29) is 22.2 Å². The first-order valence-corrected chi connectivity index (χ1v) is 14.3. The van der Waals surface area contributed by atoms with Crippen LogP contribution in [0.4, 0.5) is 5.69 Å². The summed E-state index contributed by atoms with van der Waals surface area (Å²) in [5.41, 5.74) is 3.32. The van der Waals surface area contributed by atoms with E-state index in [1.165, 1.54) is 36.5 Å². The Labute approximate surface area is 243 Å². The zero-order valence-electron chi connectivity index (χ0n) is 22.4. The maximum absolute atomic E-state index is 13.5. The minimum atomic E-state index is -4.16. The molecule has 212 valence electrons. The predicted molar refractivity (Wildman–Crippen MR) is 156 cm³/mol. The Morgan fingerprint density at radius 2 is 1.65 bits per heavy atom. The molecule has 0 aliphatic carbocycles. The summed E-state index contributed by atoms with van der Waals surface area (Å²) in [6.07, 6.45) is 1.38. The third-order valence-corrected chi connectivity index (χ3v) is 7.45. The van der Waals surface area contributed by atoms with Crippen LogP contribution in [0.2, 0.25) is 10.0 Å². The lowest BCUT2D eigenvalue weighted by Gasteiger charge is -2.24. The highest BCUT2D eigenvalue weighted by molar-refractivity contribution is 7.92. The molecule has 3 aromatic rings. The number of esters is 1. The molecule has 3 rings (SSSR count). The highest BCUT2D eigenvalue weighted by atomic mass is 35.5. The van der Waals surface area contributed by atoms with Gasteiger partial charge < -0.3 is 9.47 Å². The lowest BCUT2D eigenvalue weighted by molar-refractivity contribution is -0.157. The molecule has 0 unspecified atom stereocenters. The van der Waals surface area contributed by atoms with Gasteiger partial charge in [0.15, 0.2) is 6.61 Å². The SMILES string of the molecule is Cc1ccc(S(=O)(=O)N(CC(=O)NN=Cc2ccc(OCC(=O)OC(C)(C)C)cc2)c2ccc(Cl)cc2Cl)cc1. The van der Waals surface area contributed by atoms with Crippen molar-refractivity contribution in [3.05, 3.63) is 87.9 Å². The number of anilines is 1. The van der Waals surface area contributed by atoms with Crippen molar-refractivity contribution in [3.63, 3.8) is 0 Å². The first kappa shape index (κ1) is 30.9. The molecule has 0 saturated heterocycles. The summed E-state index contributed by atoms with van der Waals surface area (Å²) in [5, 5.41) is 4.30. The fourth-order valence-electron chi connectivity index (χ4n) is 3.33. The van der Waals surface area contributed by atoms with E-state index >= 15 is 0 Å². The molecule has 0 fully saturated rings. The number of carbonyl (C=O) groups excluding carboxylic acids is 2. The molecular weight excluding hydrogens is 577 g/mol. The first-order chi connectivity index (χ1) is 18.7. The molecule has 0 spiro atoms. The number of aryl methyl sites for hydroxylation is 1. The van der Waals surface area contributed by atoms with Crippen LogP contribution in [-0.2, 0) is 24.3 Å². The van der Waals surface area contributed by atoms with Crippen LogP contribution in [-0.4, -0.2) is 45.3 Å². The monoisotopic (exact) mass is 605 g/mol. The molecule has 0 aromatic heterocycles. The summed E-state index contributed by atoms with van der Waals surface area (Å²) in [7, 11) is -4.16. The molecule has 0 saturated carbocycles. The normalized spacial score (nSPS) is 11.8. The van der Waals surface area contributed by atoms with Gasteiger partial charge in [0.05, 0.1) is 21.8 Å². The highest BCUT2D eigenvalue weighted by Gasteiger charge is 2.29. The second-order valence-corrected chi connectivity index (χ2v) is 12.4. The number of benzene rings is 3. The van der Waals surface area contributed by atoms with Gasteiger partial charge in [-0.1, -0.05) is 40.9 Å². The van der Waals surface area contributed by atoms with Crippen LogP contribution < -0.4 is 14.5 Å². The maximum Gasteiger partial charge on any atom is 0.344 e. The van der Waals surface area contributed by atoms with Crippen LogP contribution in [0, 0.1) is 6.92 Å². The number of hydrogen-bond acceptors (Lipinski definition) is 7. The van der Waals surface area contributed by atoms with Gasteiger partial charge >= 0.3 is 5.97 Å². The van der Waals surface area contributed by atoms with Gasteiger partial charge in [0.2, 0.25) is 0 Å². The topological polar surface area (TPSA) is 114 Å². The van der Waals surface area contributed by atoms with Crippen molar-refractivity contribution in [1.29, 1.82) is 0 Å². The maximum atomic E-state index is 13.5. The second kappa shape index (κ2) is 13.2. The molecule has 9 nitrogen and oxygen atoms in total. The van der Waals surface area contributed by atoms with Gasteiger partial charge in [0, 0.05) is 5.02 Å². The number of rotatable bonds is 10. The fraction of sp³-hybridized carbons (Fsp3) is 0.250. The van der Waals surface area contributed by atoms with Crippen molar-refractivity contribution in [2.45, 2.75) is 38.2 Å². The number of amides is 1. The van der Waals surface area contributed by atoms with Crippen LogP contribution in [0.1, 0.15) is 31.9 Å². The van der Waals surface area contributed by atoms with Gasteiger partial charge in [-0.3, -0.25) is 9.10 Å². The molecule has 0 radical (unpaired) electrons. The van der Waals surface area contributed by atoms with Gasteiger partial charge in [-0.15, -0.1) is 0 Å². The molecule has 40 heavy (non-hydrogen) atoms. The summed E-state index contributed by atoms with van der Waals surface area (Å²) < 4.78 is 38.5. The largest absolute Gasteiger partial charge is 0.482 e. The summed E-state index contributed by atoms with van der Waals surface area (Å²) in [6.45, 7) is 6.31. The van der Waals surface area contributed by atoms with Gasteiger partial charge in [0.25, 0.3) is 15.9 Å². The van der Waals surface area contributed by atoms with Crippen LogP contribution >= 0.6 is 23.2 Å². The summed E-state index contributed by atoms with van der Waals surface area (Å²) >= 11 is 12.3.